The van der Waals surface area contributed by atoms with Crippen LogP contribution in [0.1, 0.15) is 12.1 Å². The lowest BCUT2D eigenvalue weighted by Gasteiger charge is -2.13. The Hall–Kier alpha value is -2.74. The van der Waals surface area contributed by atoms with Crippen molar-refractivity contribution in [2.24, 2.45) is 5.92 Å². The van der Waals surface area contributed by atoms with Crippen molar-refractivity contribution in [3.05, 3.63) is 35.3 Å². The van der Waals surface area contributed by atoms with Gasteiger partial charge in [-0.15, -0.1) is 11.3 Å². The summed E-state index contributed by atoms with van der Waals surface area (Å²) in [6.07, 6.45) is 0.178. The molecule has 8 heteroatoms. The first-order valence-electron chi connectivity index (χ1n) is 7.58. The van der Waals surface area contributed by atoms with E-state index in [2.05, 4.69) is 20.5 Å². The molecule has 2 aromatic heterocycles. The van der Waals surface area contributed by atoms with Crippen LogP contribution in [0, 0.1) is 12.8 Å². The molecule has 1 fully saturated rings. The Morgan fingerprint density at radius 3 is 3.04 bits per heavy atom. The van der Waals surface area contributed by atoms with E-state index in [1.165, 1.54) is 11.3 Å². The molecule has 1 aliphatic heterocycles. The number of nitrogens with zero attached hydrogens (tertiary/aromatic N) is 3. The second kappa shape index (κ2) is 5.72. The third kappa shape index (κ3) is 2.54. The Morgan fingerprint density at radius 1 is 1.42 bits per heavy atom. The Balaban J connectivity index is 1.53. The molecular formula is C16H15N5O2S. The number of para-hydroxylation sites is 1. The fourth-order valence-electron chi connectivity index (χ4n) is 2.86. The molecule has 2 amide bonds. The smallest absolute Gasteiger partial charge is 0.231 e. The number of carbonyl (C=O) groups excluding carboxylic acids is 2. The van der Waals surface area contributed by atoms with Gasteiger partial charge in [-0.05, 0) is 19.1 Å². The largest absolute Gasteiger partial charge is 0.302 e. The first kappa shape index (κ1) is 14.8. The van der Waals surface area contributed by atoms with Gasteiger partial charge in [0, 0.05) is 23.7 Å². The highest BCUT2D eigenvalue weighted by atomic mass is 32.1. The maximum absolute atomic E-state index is 12.4. The lowest BCUT2D eigenvalue weighted by molar-refractivity contribution is -0.122. The van der Waals surface area contributed by atoms with E-state index in [-0.39, 0.29) is 18.2 Å². The number of aromatic amines is 1. The number of nitrogens with one attached hydrogen (secondary N) is 2. The first-order chi connectivity index (χ1) is 11.6. The quantitative estimate of drug-likeness (QED) is 0.765. The van der Waals surface area contributed by atoms with Crippen molar-refractivity contribution in [1.29, 1.82) is 0 Å². The maximum atomic E-state index is 12.4. The summed E-state index contributed by atoms with van der Waals surface area (Å²) in [5.41, 5.74) is 1.73. The van der Waals surface area contributed by atoms with E-state index in [1.807, 2.05) is 36.6 Å². The Kier molecular flexibility index (Phi) is 3.53. The zero-order chi connectivity index (χ0) is 16.7. The summed E-state index contributed by atoms with van der Waals surface area (Å²) in [4.78, 5) is 30.6. The maximum Gasteiger partial charge on any atom is 0.231 e. The Morgan fingerprint density at radius 2 is 2.25 bits per heavy atom. The Bertz CT molecular complexity index is 931. The number of H-pyrrole nitrogens is 1. The molecule has 1 aromatic carbocycles. The summed E-state index contributed by atoms with van der Waals surface area (Å²) < 4.78 is 0. The molecule has 0 radical (unpaired) electrons. The standard InChI is InChI=1S/C16H15N5O2S/c1-9-8-24-16(17-9)18-15(23)10-6-13(22)21(7-10)14-11-4-2-3-5-12(11)19-20-14/h2-5,8,10H,6-7H2,1H3,(H,19,20)(H,17,18,23)/t10-/m0/s1. The number of fused-ring (bicyclic) bond motifs is 1. The molecule has 4 rings (SSSR count). The number of thiazole rings is 1. The number of aryl methyl sites for hydroxylation is 1. The molecule has 1 saturated heterocycles. The lowest BCUT2D eigenvalue weighted by atomic mass is 10.1. The van der Waals surface area contributed by atoms with E-state index >= 15 is 0 Å². The molecule has 0 saturated carbocycles. The molecule has 122 valence electrons. The summed E-state index contributed by atoms with van der Waals surface area (Å²) in [5, 5.41) is 13.3. The molecule has 1 atom stereocenters. The number of hydrogen-bond acceptors (Lipinski definition) is 5. The second-order valence-electron chi connectivity index (χ2n) is 5.78. The molecule has 24 heavy (non-hydrogen) atoms. The van der Waals surface area contributed by atoms with Crippen LogP contribution in [0.15, 0.2) is 29.6 Å². The minimum absolute atomic E-state index is 0.0947. The molecule has 1 aliphatic rings. The van der Waals surface area contributed by atoms with Crippen LogP contribution in [0.3, 0.4) is 0 Å². The summed E-state index contributed by atoms with van der Waals surface area (Å²) >= 11 is 1.38. The van der Waals surface area contributed by atoms with E-state index in [0.29, 0.717) is 17.5 Å². The van der Waals surface area contributed by atoms with Crippen LogP contribution in [-0.4, -0.2) is 33.5 Å². The van der Waals surface area contributed by atoms with Gasteiger partial charge in [-0.1, -0.05) is 12.1 Å². The van der Waals surface area contributed by atoms with Crippen LogP contribution in [0.4, 0.5) is 10.9 Å². The first-order valence-corrected chi connectivity index (χ1v) is 8.46. The van der Waals surface area contributed by atoms with Gasteiger partial charge in [0.2, 0.25) is 11.8 Å². The van der Waals surface area contributed by atoms with Gasteiger partial charge in [-0.2, -0.15) is 5.10 Å². The van der Waals surface area contributed by atoms with Gasteiger partial charge in [0.05, 0.1) is 17.1 Å². The van der Waals surface area contributed by atoms with Crippen LogP contribution in [0.5, 0.6) is 0 Å². The van der Waals surface area contributed by atoms with Gasteiger partial charge in [0.1, 0.15) is 0 Å². The fraction of sp³-hybridized carbons (Fsp3) is 0.250. The monoisotopic (exact) mass is 341 g/mol. The summed E-state index contributed by atoms with van der Waals surface area (Å²) in [6.45, 7) is 2.19. The molecule has 3 heterocycles. The molecule has 0 aliphatic carbocycles. The van der Waals surface area contributed by atoms with Crippen LogP contribution in [0.25, 0.3) is 10.9 Å². The van der Waals surface area contributed by atoms with Crippen LogP contribution in [-0.2, 0) is 9.59 Å². The van der Waals surface area contributed by atoms with Crippen LogP contribution >= 0.6 is 11.3 Å². The highest BCUT2D eigenvalue weighted by Gasteiger charge is 2.37. The average molecular weight is 341 g/mol. The number of hydrogen-bond donors (Lipinski definition) is 2. The van der Waals surface area contributed by atoms with E-state index in [4.69, 9.17) is 0 Å². The van der Waals surface area contributed by atoms with Gasteiger partial charge in [0.15, 0.2) is 10.9 Å². The number of carbonyl (C=O) groups is 2. The van der Waals surface area contributed by atoms with E-state index < -0.39 is 5.92 Å². The highest BCUT2D eigenvalue weighted by Crippen LogP contribution is 2.30. The van der Waals surface area contributed by atoms with E-state index in [0.717, 1.165) is 16.6 Å². The summed E-state index contributed by atoms with van der Waals surface area (Å²) in [6, 6.07) is 7.62. The Labute approximate surface area is 141 Å². The van der Waals surface area contributed by atoms with Gasteiger partial charge < -0.3 is 5.32 Å². The van der Waals surface area contributed by atoms with Crippen molar-refractivity contribution < 1.29 is 9.59 Å². The molecular weight excluding hydrogens is 326 g/mol. The summed E-state index contributed by atoms with van der Waals surface area (Å²) in [5.74, 6) is -0.101. The van der Waals surface area contributed by atoms with E-state index in [1.54, 1.807) is 4.90 Å². The third-order valence-corrected chi connectivity index (χ3v) is 4.93. The van der Waals surface area contributed by atoms with Gasteiger partial charge in [0.25, 0.3) is 0 Å². The van der Waals surface area contributed by atoms with Gasteiger partial charge in [-0.3, -0.25) is 19.6 Å². The number of aromatic nitrogens is 3. The molecule has 2 N–H and O–H groups in total. The normalized spacial score (nSPS) is 17.6. The number of benzene rings is 1. The minimum atomic E-state index is -0.405. The van der Waals surface area contributed by atoms with Crippen molar-refractivity contribution in [1.82, 2.24) is 15.2 Å². The topological polar surface area (TPSA) is 91.0 Å². The van der Waals surface area contributed by atoms with Gasteiger partial charge in [-0.25, -0.2) is 4.98 Å². The third-order valence-electron chi connectivity index (χ3n) is 4.05. The number of anilines is 2. The molecule has 7 nitrogen and oxygen atoms in total. The van der Waals surface area contributed by atoms with Crippen molar-refractivity contribution in [2.75, 3.05) is 16.8 Å². The zero-order valence-corrected chi connectivity index (χ0v) is 13.8. The van der Waals surface area contributed by atoms with Gasteiger partial charge >= 0.3 is 0 Å². The van der Waals surface area contributed by atoms with E-state index in [9.17, 15) is 9.59 Å². The fourth-order valence-corrected chi connectivity index (χ4v) is 3.55. The second-order valence-corrected chi connectivity index (χ2v) is 6.64. The number of amides is 2. The van der Waals surface area contributed by atoms with Crippen molar-refractivity contribution in [2.45, 2.75) is 13.3 Å². The SMILES string of the molecule is Cc1csc(NC(=O)[C@H]2CC(=O)N(c3n[nH]c4ccccc34)C2)n1. The van der Waals surface area contributed by atoms with Crippen molar-refractivity contribution in [3.8, 4) is 0 Å². The van der Waals surface area contributed by atoms with Crippen LogP contribution in [0.2, 0.25) is 0 Å². The molecule has 0 unspecified atom stereocenters. The average Bonchev–Trinajstić information content (AvgIpc) is 3.26. The predicted octanol–water partition coefficient (Wildman–Crippen LogP) is 2.32. The minimum Gasteiger partial charge on any atom is -0.302 e. The van der Waals surface area contributed by atoms with Crippen molar-refractivity contribution >= 4 is 45.0 Å². The highest BCUT2D eigenvalue weighted by molar-refractivity contribution is 7.13. The summed E-state index contributed by atoms with van der Waals surface area (Å²) in [7, 11) is 0. The van der Waals surface area contributed by atoms with Crippen molar-refractivity contribution in [3.63, 3.8) is 0 Å². The molecule has 3 aromatic rings. The zero-order valence-electron chi connectivity index (χ0n) is 12.9. The molecule has 0 spiro atoms. The van der Waals surface area contributed by atoms with Crippen LogP contribution < -0.4 is 10.2 Å². The number of rotatable bonds is 3. The molecule has 0 bridgehead atoms. The lowest BCUT2D eigenvalue weighted by Crippen LogP contribution is -2.28. The predicted molar refractivity (Wildman–Crippen MR) is 92.0 cm³/mol.